The van der Waals surface area contributed by atoms with Crippen molar-refractivity contribution in [2.45, 2.75) is 4.90 Å². The lowest BCUT2D eigenvalue weighted by molar-refractivity contribution is 0.477. The van der Waals surface area contributed by atoms with Crippen LogP contribution in [0.2, 0.25) is 5.02 Å². The molecule has 0 bridgehead atoms. The largest absolute Gasteiger partial charge is 0.358 e. The van der Waals surface area contributed by atoms with Crippen LogP contribution in [0.4, 0.5) is 11.4 Å². The van der Waals surface area contributed by atoms with Crippen LogP contribution in [0.25, 0.3) is 10.9 Å². The zero-order chi connectivity index (χ0) is 17.1. The van der Waals surface area contributed by atoms with Gasteiger partial charge in [-0.05, 0) is 30.3 Å². The standard InChI is InChI=1S/C15H15ClN4O2S2/c1-20(10-5-7-11(8-6-10)24(17)21)23-22-19-14-4-2-3-12-13(16)9-18-15(12)14/h2-9,18-19H,17H2,1H3. The minimum atomic E-state index is -1.48. The van der Waals surface area contributed by atoms with E-state index in [1.54, 1.807) is 18.3 Å². The van der Waals surface area contributed by atoms with E-state index in [9.17, 15) is 4.21 Å². The number of nitrogens with one attached hydrogen (secondary N) is 2. The van der Waals surface area contributed by atoms with E-state index in [0.717, 1.165) is 34.5 Å². The van der Waals surface area contributed by atoms with Gasteiger partial charge in [-0.1, -0.05) is 23.7 Å². The first-order valence-corrected chi connectivity index (χ1v) is 9.20. The number of hydrogen-bond donors (Lipinski definition) is 3. The molecule has 0 aliphatic carbocycles. The molecule has 0 spiro atoms. The first-order valence-electron chi connectivity index (χ1n) is 6.91. The SMILES string of the molecule is CN(SONc1cccc2c(Cl)c[nH]c12)c1ccc(S(N)=O)cc1. The maximum absolute atomic E-state index is 11.2. The van der Waals surface area contributed by atoms with Gasteiger partial charge in [0.2, 0.25) is 0 Å². The number of para-hydroxylation sites is 1. The van der Waals surface area contributed by atoms with E-state index < -0.39 is 11.0 Å². The second kappa shape index (κ2) is 7.45. The smallest absolute Gasteiger partial charge is 0.142 e. The normalized spacial score (nSPS) is 12.3. The average Bonchev–Trinajstić information content (AvgIpc) is 2.97. The van der Waals surface area contributed by atoms with Gasteiger partial charge >= 0.3 is 0 Å². The van der Waals surface area contributed by atoms with Gasteiger partial charge in [0.25, 0.3) is 0 Å². The summed E-state index contributed by atoms with van der Waals surface area (Å²) in [6.07, 6.45) is 1.74. The van der Waals surface area contributed by atoms with Crippen molar-refractivity contribution in [3.8, 4) is 0 Å². The van der Waals surface area contributed by atoms with Gasteiger partial charge in [0.15, 0.2) is 0 Å². The third-order valence-corrected chi connectivity index (χ3v) is 5.04. The van der Waals surface area contributed by atoms with Crippen molar-refractivity contribution in [3.05, 3.63) is 53.7 Å². The van der Waals surface area contributed by atoms with Crippen LogP contribution < -0.4 is 14.9 Å². The number of aromatic nitrogens is 1. The lowest BCUT2D eigenvalue weighted by atomic mass is 10.2. The molecule has 0 aliphatic heterocycles. The summed E-state index contributed by atoms with van der Waals surface area (Å²) in [5.41, 5.74) is 5.44. The van der Waals surface area contributed by atoms with Crippen LogP contribution >= 0.6 is 23.8 Å². The highest BCUT2D eigenvalue weighted by atomic mass is 35.5. The van der Waals surface area contributed by atoms with Gasteiger partial charge < -0.3 is 4.98 Å². The molecule has 126 valence electrons. The van der Waals surface area contributed by atoms with Crippen LogP contribution in [-0.4, -0.2) is 16.2 Å². The molecule has 24 heavy (non-hydrogen) atoms. The summed E-state index contributed by atoms with van der Waals surface area (Å²) in [6.45, 7) is 0. The number of rotatable bonds is 6. The Kier molecular flexibility index (Phi) is 5.32. The van der Waals surface area contributed by atoms with Crippen molar-refractivity contribution < 1.29 is 8.49 Å². The number of H-pyrrole nitrogens is 1. The molecule has 1 unspecified atom stereocenters. The molecule has 3 rings (SSSR count). The van der Waals surface area contributed by atoms with Crippen molar-refractivity contribution in [1.82, 2.24) is 4.98 Å². The van der Waals surface area contributed by atoms with E-state index in [1.807, 2.05) is 41.7 Å². The van der Waals surface area contributed by atoms with Crippen molar-refractivity contribution in [1.29, 1.82) is 0 Å². The summed E-state index contributed by atoms with van der Waals surface area (Å²) in [5, 5.41) is 6.93. The molecule has 1 aromatic heterocycles. The molecular weight excluding hydrogens is 368 g/mol. The van der Waals surface area contributed by atoms with E-state index >= 15 is 0 Å². The molecule has 9 heteroatoms. The Bertz CT molecular complexity index is 870. The van der Waals surface area contributed by atoms with Crippen LogP contribution in [0, 0.1) is 0 Å². The number of fused-ring (bicyclic) bond motifs is 1. The number of hydrogen-bond acceptors (Lipinski definition) is 5. The fourth-order valence-electron chi connectivity index (χ4n) is 2.16. The summed E-state index contributed by atoms with van der Waals surface area (Å²) in [7, 11) is 0.379. The quantitative estimate of drug-likeness (QED) is 0.342. The maximum atomic E-state index is 11.2. The molecule has 0 saturated heterocycles. The van der Waals surface area contributed by atoms with Crippen LogP contribution in [0.15, 0.2) is 53.6 Å². The van der Waals surface area contributed by atoms with E-state index in [4.69, 9.17) is 21.0 Å². The second-order valence-corrected chi connectivity index (χ2v) is 7.25. The number of halogens is 1. The Morgan fingerprint density at radius 1 is 1.29 bits per heavy atom. The summed E-state index contributed by atoms with van der Waals surface area (Å²) in [5.74, 6) is 0. The number of anilines is 2. The lowest BCUT2D eigenvalue weighted by Crippen LogP contribution is -2.10. The van der Waals surface area contributed by atoms with Crippen molar-refractivity contribution >= 4 is 57.1 Å². The average molecular weight is 383 g/mol. The first-order chi connectivity index (χ1) is 11.6. The predicted octanol–water partition coefficient (Wildman–Crippen LogP) is 3.85. The third-order valence-electron chi connectivity index (χ3n) is 3.40. The van der Waals surface area contributed by atoms with E-state index in [-0.39, 0.29) is 0 Å². The van der Waals surface area contributed by atoms with Gasteiger partial charge in [0.05, 0.1) is 21.1 Å². The Labute approximate surface area is 151 Å². The monoisotopic (exact) mass is 382 g/mol. The van der Waals surface area contributed by atoms with Crippen LogP contribution in [0.1, 0.15) is 0 Å². The van der Waals surface area contributed by atoms with Crippen LogP contribution in [0.5, 0.6) is 0 Å². The van der Waals surface area contributed by atoms with Gasteiger partial charge in [-0.15, -0.1) is 0 Å². The van der Waals surface area contributed by atoms with Gasteiger partial charge in [-0.25, -0.2) is 9.35 Å². The van der Waals surface area contributed by atoms with E-state index in [1.165, 1.54) is 0 Å². The van der Waals surface area contributed by atoms with Gasteiger partial charge in [-0.3, -0.25) is 9.79 Å². The van der Waals surface area contributed by atoms with Crippen molar-refractivity contribution in [2.75, 3.05) is 16.8 Å². The highest BCUT2D eigenvalue weighted by Gasteiger charge is 2.08. The molecule has 1 atom stereocenters. The van der Waals surface area contributed by atoms with Gasteiger partial charge in [0, 0.05) is 24.3 Å². The summed E-state index contributed by atoms with van der Waals surface area (Å²) >= 11 is 7.22. The number of nitrogens with two attached hydrogens (primary N) is 1. The molecule has 0 amide bonds. The molecule has 1 heterocycles. The molecule has 0 radical (unpaired) electrons. The van der Waals surface area contributed by atoms with Crippen molar-refractivity contribution in [2.24, 2.45) is 5.14 Å². The number of benzene rings is 2. The minimum Gasteiger partial charge on any atom is -0.358 e. The summed E-state index contributed by atoms with van der Waals surface area (Å²) < 4.78 is 18.5. The van der Waals surface area contributed by atoms with Crippen LogP contribution in [0.3, 0.4) is 0 Å². The fourth-order valence-corrected chi connectivity index (χ4v) is 3.22. The molecular formula is C15H15ClN4O2S2. The highest BCUT2D eigenvalue weighted by molar-refractivity contribution is 7.96. The van der Waals surface area contributed by atoms with Crippen molar-refractivity contribution in [3.63, 3.8) is 0 Å². The molecule has 0 aliphatic rings. The summed E-state index contributed by atoms with van der Waals surface area (Å²) in [6, 6.07) is 12.8. The zero-order valence-electron chi connectivity index (χ0n) is 12.7. The number of aromatic amines is 1. The highest BCUT2D eigenvalue weighted by Crippen LogP contribution is 2.29. The summed E-state index contributed by atoms with van der Waals surface area (Å²) in [4.78, 5) is 3.68. The molecule has 2 aromatic carbocycles. The molecule has 0 fully saturated rings. The van der Waals surface area contributed by atoms with E-state index in [2.05, 4.69) is 10.5 Å². The molecule has 0 saturated carbocycles. The molecule has 6 nitrogen and oxygen atoms in total. The predicted molar refractivity (Wildman–Crippen MR) is 101 cm³/mol. The van der Waals surface area contributed by atoms with E-state index in [0.29, 0.717) is 9.92 Å². The zero-order valence-corrected chi connectivity index (χ0v) is 15.0. The first kappa shape index (κ1) is 17.1. The maximum Gasteiger partial charge on any atom is 0.142 e. The Morgan fingerprint density at radius 2 is 2.04 bits per heavy atom. The molecule has 3 aromatic rings. The number of nitrogens with zero attached hydrogens (tertiary/aromatic N) is 1. The fraction of sp³-hybridized carbons (Fsp3) is 0.0667. The minimum absolute atomic E-state index is 0.575. The third kappa shape index (κ3) is 3.68. The Hall–Kier alpha value is -1.71. The van der Waals surface area contributed by atoms with Gasteiger partial charge in [0.1, 0.15) is 23.2 Å². The Morgan fingerprint density at radius 3 is 2.75 bits per heavy atom. The van der Waals surface area contributed by atoms with Crippen LogP contribution in [-0.2, 0) is 15.3 Å². The lowest BCUT2D eigenvalue weighted by Gasteiger charge is -2.17. The van der Waals surface area contributed by atoms with Gasteiger partial charge in [-0.2, -0.15) is 4.28 Å². The second-order valence-electron chi connectivity index (χ2n) is 4.91. The Balaban J connectivity index is 1.62. The molecule has 4 N–H and O–H groups in total. The topological polar surface area (TPSA) is 83.4 Å².